The number of rotatable bonds is 3. The van der Waals surface area contributed by atoms with Crippen LogP contribution >= 0.6 is 0 Å². The highest BCUT2D eigenvalue weighted by atomic mass is 19.4. The smallest absolute Gasteiger partial charge is 0.365 e. The van der Waals surface area contributed by atoms with Crippen molar-refractivity contribution in [3.8, 4) is 0 Å². The van der Waals surface area contributed by atoms with Crippen LogP contribution in [0.2, 0.25) is 0 Å². The Morgan fingerprint density at radius 1 is 1.57 bits per heavy atom. The number of alkyl halides is 3. The van der Waals surface area contributed by atoms with Crippen LogP contribution in [-0.2, 0) is 11.2 Å². The minimum atomic E-state index is -4.46. The average molecular weight is 305 g/mol. The zero-order chi connectivity index (χ0) is 15.6. The van der Waals surface area contributed by atoms with Crippen molar-refractivity contribution in [1.82, 2.24) is 15.1 Å². The molecule has 1 aromatic rings. The highest BCUT2D eigenvalue weighted by molar-refractivity contribution is 5.92. The van der Waals surface area contributed by atoms with Crippen molar-refractivity contribution in [2.24, 2.45) is 5.92 Å². The van der Waals surface area contributed by atoms with E-state index in [4.69, 9.17) is 0 Å². The fourth-order valence-corrected chi connectivity index (χ4v) is 2.21. The Labute approximate surface area is 120 Å². The molecule has 2 rings (SSSR count). The van der Waals surface area contributed by atoms with Crippen LogP contribution in [-0.4, -0.2) is 53.0 Å². The van der Waals surface area contributed by atoms with E-state index in [1.165, 1.54) is 0 Å². The Morgan fingerprint density at radius 3 is 2.90 bits per heavy atom. The summed E-state index contributed by atoms with van der Waals surface area (Å²) >= 11 is 0. The van der Waals surface area contributed by atoms with Crippen LogP contribution in [0.3, 0.4) is 0 Å². The van der Waals surface area contributed by atoms with Gasteiger partial charge in [-0.2, -0.15) is 18.3 Å². The van der Waals surface area contributed by atoms with Crippen molar-refractivity contribution < 1.29 is 22.7 Å². The second kappa shape index (κ2) is 6.05. The molecule has 0 radical (unpaired) electrons. The Bertz CT molecular complexity index is 499. The fraction of sp³-hybridized carbons (Fsp3) is 0.692. The number of ether oxygens (including phenoxy) is 1. The van der Waals surface area contributed by atoms with Gasteiger partial charge in [-0.05, 0) is 18.4 Å². The lowest BCUT2D eigenvalue weighted by atomic mass is 10.1. The lowest BCUT2D eigenvalue weighted by Crippen LogP contribution is -2.51. The summed E-state index contributed by atoms with van der Waals surface area (Å²) in [5.74, 6) is -0.106. The molecule has 1 aliphatic rings. The van der Waals surface area contributed by atoms with Crippen molar-refractivity contribution in [3.63, 3.8) is 0 Å². The van der Waals surface area contributed by atoms with E-state index in [2.05, 4.69) is 14.9 Å². The zero-order valence-corrected chi connectivity index (χ0v) is 11.9. The summed E-state index contributed by atoms with van der Waals surface area (Å²) in [5.41, 5.74) is 0.947. The molecule has 0 aliphatic carbocycles. The number of hydrogen-bond donors (Lipinski definition) is 1. The molecule has 5 nitrogen and oxygen atoms in total. The Morgan fingerprint density at radius 2 is 2.29 bits per heavy atom. The molecule has 21 heavy (non-hydrogen) atoms. The maximum absolute atomic E-state index is 12.6. The molecule has 0 saturated carbocycles. The molecular formula is C13H18F3N3O2. The van der Waals surface area contributed by atoms with Gasteiger partial charge in [0.15, 0.2) is 6.10 Å². The summed E-state index contributed by atoms with van der Waals surface area (Å²) in [7, 11) is 0. The third kappa shape index (κ3) is 3.96. The molecule has 0 aromatic carbocycles. The SMILES string of the molecule is CC(C)Cc1cc(C(=O)N2CCO[C@H](C(F)(F)F)C2)n[nH]1. The second-order valence-electron chi connectivity index (χ2n) is 5.53. The molecule has 2 heterocycles. The van der Waals surface area contributed by atoms with E-state index < -0.39 is 24.7 Å². The lowest BCUT2D eigenvalue weighted by molar-refractivity contribution is -0.233. The van der Waals surface area contributed by atoms with E-state index in [1.54, 1.807) is 6.07 Å². The molecular weight excluding hydrogens is 287 g/mol. The van der Waals surface area contributed by atoms with Crippen LogP contribution in [0.1, 0.15) is 30.0 Å². The summed E-state index contributed by atoms with van der Waals surface area (Å²) in [6, 6.07) is 1.60. The number of aromatic amines is 1. The minimum absolute atomic E-state index is 0.126. The number of carbonyl (C=O) groups excluding carboxylic acids is 1. The Balaban J connectivity index is 2.04. The standard InChI is InChI=1S/C13H18F3N3O2/c1-8(2)5-9-6-10(18-17-9)12(20)19-3-4-21-11(7-19)13(14,15)16/h6,8,11H,3-5,7H2,1-2H3,(H,17,18)/t11-/m0/s1. The van der Waals surface area contributed by atoms with E-state index in [9.17, 15) is 18.0 Å². The summed E-state index contributed by atoms with van der Waals surface area (Å²) in [6.07, 6.45) is -5.66. The number of nitrogens with one attached hydrogen (secondary N) is 1. The van der Waals surface area contributed by atoms with Crippen LogP contribution < -0.4 is 0 Å². The maximum Gasteiger partial charge on any atom is 0.416 e. The molecule has 1 atom stereocenters. The summed E-state index contributed by atoms with van der Waals surface area (Å²) in [6.45, 7) is 3.57. The van der Waals surface area contributed by atoms with E-state index >= 15 is 0 Å². The number of H-pyrrole nitrogens is 1. The Kier molecular flexibility index (Phi) is 4.55. The quantitative estimate of drug-likeness (QED) is 0.929. The van der Waals surface area contributed by atoms with Gasteiger partial charge in [0, 0.05) is 12.2 Å². The molecule has 118 valence electrons. The van der Waals surface area contributed by atoms with Gasteiger partial charge >= 0.3 is 6.18 Å². The molecule has 8 heteroatoms. The van der Waals surface area contributed by atoms with Crippen LogP contribution in [0.25, 0.3) is 0 Å². The van der Waals surface area contributed by atoms with Gasteiger partial charge in [0.1, 0.15) is 5.69 Å². The van der Waals surface area contributed by atoms with Crippen molar-refractivity contribution in [2.75, 3.05) is 19.7 Å². The van der Waals surface area contributed by atoms with E-state index in [1.807, 2.05) is 13.8 Å². The van der Waals surface area contributed by atoms with E-state index in [0.29, 0.717) is 5.92 Å². The van der Waals surface area contributed by atoms with Crippen molar-refractivity contribution in [1.29, 1.82) is 0 Å². The average Bonchev–Trinajstić information content (AvgIpc) is 2.84. The highest BCUT2D eigenvalue weighted by Gasteiger charge is 2.44. The van der Waals surface area contributed by atoms with Gasteiger partial charge in [0.05, 0.1) is 13.2 Å². The summed E-state index contributed by atoms with van der Waals surface area (Å²) < 4.78 is 42.6. The number of morpholine rings is 1. The number of carbonyl (C=O) groups is 1. The molecule has 1 aliphatic heterocycles. The molecule has 1 N–H and O–H groups in total. The first-order chi connectivity index (χ1) is 9.77. The van der Waals surface area contributed by atoms with Gasteiger partial charge in [-0.15, -0.1) is 0 Å². The highest BCUT2D eigenvalue weighted by Crippen LogP contribution is 2.26. The predicted molar refractivity (Wildman–Crippen MR) is 68.8 cm³/mol. The number of amides is 1. The molecule has 0 unspecified atom stereocenters. The molecule has 1 fully saturated rings. The molecule has 0 bridgehead atoms. The van der Waals surface area contributed by atoms with Crippen molar-refractivity contribution in [3.05, 3.63) is 17.5 Å². The topological polar surface area (TPSA) is 58.2 Å². The molecule has 1 amide bonds. The largest absolute Gasteiger partial charge is 0.416 e. The predicted octanol–water partition coefficient (Wildman–Crippen LogP) is 2.01. The number of aromatic nitrogens is 2. The Hall–Kier alpha value is -1.57. The van der Waals surface area contributed by atoms with Gasteiger partial charge in [-0.1, -0.05) is 13.8 Å². The van der Waals surface area contributed by atoms with Gasteiger partial charge in [-0.25, -0.2) is 0 Å². The van der Waals surface area contributed by atoms with E-state index in [0.717, 1.165) is 17.0 Å². The van der Waals surface area contributed by atoms with Gasteiger partial charge in [0.25, 0.3) is 5.91 Å². The third-order valence-electron chi connectivity index (χ3n) is 3.20. The first-order valence-electron chi connectivity index (χ1n) is 6.79. The van der Waals surface area contributed by atoms with Crippen LogP contribution in [0.4, 0.5) is 13.2 Å². The van der Waals surface area contributed by atoms with Crippen LogP contribution in [0.15, 0.2) is 6.07 Å². The molecule has 1 aromatic heterocycles. The normalized spacial score (nSPS) is 20.1. The van der Waals surface area contributed by atoms with Crippen LogP contribution in [0.5, 0.6) is 0 Å². The number of halogens is 3. The summed E-state index contributed by atoms with van der Waals surface area (Å²) in [4.78, 5) is 13.3. The number of hydrogen-bond acceptors (Lipinski definition) is 3. The van der Waals surface area contributed by atoms with Crippen LogP contribution in [0, 0.1) is 5.92 Å². The first-order valence-corrected chi connectivity index (χ1v) is 6.79. The fourth-order valence-electron chi connectivity index (χ4n) is 2.21. The second-order valence-corrected chi connectivity index (χ2v) is 5.53. The number of nitrogens with zero attached hydrogens (tertiary/aromatic N) is 2. The molecule has 1 saturated heterocycles. The maximum atomic E-state index is 12.6. The van der Waals surface area contributed by atoms with Gasteiger partial charge in [-0.3, -0.25) is 9.89 Å². The monoisotopic (exact) mass is 305 g/mol. The van der Waals surface area contributed by atoms with Crippen molar-refractivity contribution in [2.45, 2.75) is 32.5 Å². The summed E-state index contributed by atoms with van der Waals surface area (Å²) in [5, 5.41) is 6.64. The minimum Gasteiger partial charge on any atom is -0.365 e. The van der Waals surface area contributed by atoms with Crippen molar-refractivity contribution >= 4 is 5.91 Å². The van der Waals surface area contributed by atoms with Gasteiger partial charge in [0.2, 0.25) is 0 Å². The first kappa shape index (κ1) is 15.8. The van der Waals surface area contributed by atoms with Gasteiger partial charge < -0.3 is 9.64 Å². The molecule has 0 spiro atoms. The lowest BCUT2D eigenvalue weighted by Gasteiger charge is -2.33. The third-order valence-corrected chi connectivity index (χ3v) is 3.20. The van der Waals surface area contributed by atoms with E-state index in [-0.39, 0.29) is 18.8 Å². The zero-order valence-electron chi connectivity index (χ0n) is 11.9.